The SMILES string of the molecule is Cc1ccc(N)cc1S(=O)(=O)N1CCOc2ccccc21. The van der Waals surface area contributed by atoms with Gasteiger partial charge in [-0.25, -0.2) is 8.42 Å². The highest BCUT2D eigenvalue weighted by molar-refractivity contribution is 7.92. The summed E-state index contributed by atoms with van der Waals surface area (Å²) in [6, 6.07) is 12.0. The minimum Gasteiger partial charge on any atom is -0.489 e. The van der Waals surface area contributed by atoms with Crippen LogP contribution in [0.4, 0.5) is 11.4 Å². The van der Waals surface area contributed by atoms with Crippen LogP contribution in [0.25, 0.3) is 0 Å². The molecule has 3 rings (SSSR count). The maximum Gasteiger partial charge on any atom is 0.264 e. The highest BCUT2D eigenvalue weighted by Crippen LogP contribution is 2.35. The second-order valence-corrected chi connectivity index (χ2v) is 6.75. The Balaban J connectivity index is 2.14. The van der Waals surface area contributed by atoms with Crippen LogP contribution in [0.15, 0.2) is 47.4 Å². The summed E-state index contributed by atoms with van der Waals surface area (Å²) < 4.78 is 32.8. The lowest BCUT2D eigenvalue weighted by molar-refractivity contribution is 0.316. The molecule has 21 heavy (non-hydrogen) atoms. The molecule has 0 aliphatic carbocycles. The van der Waals surface area contributed by atoms with Gasteiger partial charge in [-0.3, -0.25) is 4.31 Å². The van der Waals surface area contributed by atoms with E-state index in [4.69, 9.17) is 10.5 Å². The standard InChI is InChI=1S/C15H16N2O3S/c1-11-6-7-12(16)10-15(11)21(18,19)17-8-9-20-14-5-3-2-4-13(14)17/h2-7,10H,8-9,16H2,1H3. The van der Waals surface area contributed by atoms with E-state index in [0.29, 0.717) is 29.3 Å². The molecule has 0 fully saturated rings. The summed E-state index contributed by atoms with van der Waals surface area (Å²) in [6.45, 7) is 2.38. The van der Waals surface area contributed by atoms with Gasteiger partial charge in [-0.15, -0.1) is 0 Å². The van der Waals surface area contributed by atoms with Gasteiger partial charge in [0, 0.05) is 5.69 Å². The Morgan fingerprint density at radius 3 is 2.76 bits per heavy atom. The number of rotatable bonds is 2. The molecule has 0 spiro atoms. The Bertz CT molecular complexity index is 787. The third kappa shape index (κ3) is 2.31. The number of nitrogen functional groups attached to an aromatic ring is 1. The molecule has 0 saturated heterocycles. The van der Waals surface area contributed by atoms with Crippen molar-refractivity contribution in [3.8, 4) is 5.75 Å². The fraction of sp³-hybridized carbons (Fsp3) is 0.200. The van der Waals surface area contributed by atoms with E-state index in [-0.39, 0.29) is 11.4 Å². The second kappa shape index (κ2) is 4.96. The van der Waals surface area contributed by atoms with Crippen molar-refractivity contribution >= 4 is 21.4 Å². The molecule has 0 saturated carbocycles. The quantitative estimate of drug-likeness (QED) is 0.863. The lowest BCUT2D eigenvalue weighted by Gasteiger charge is -2.30. The lowest BCUT2D eigenvalue weighted by Crippen LogP contribution is -2.38. The van der Waals surface area contributed by atoms with Crippen LogP contribution < -0.4 is 14.8 Å². The van der Waals surface area contributed by atoms with E-state index in [9.17, 15) is 8.42 Å². The Hall–Kier alpha value is -2.21. The number of nitrogens with zero attached hydrogens (tertiary/aromatic N) is 1. The number of ether oxygens (including phenoxy) is 1. The molecule has 0 atom stereocenters. The van der Waals surface area contributed by atoms with E-state index in [0.717, 1.165) is 0 Å². The number of fused-ring (bicyclic) bond motifs is 1. The van der Waals surface area contributed by atoms with Gasteiger partial charge in [0.25, 0.3) is 10.0 Å². The number of anilines is 2. The van der Waals surface area contributed by atoms with Gasteiger partial charge in [0.1, 0.15) is 12.4 Å². The number of hydrogen-bond donors (Lipinski definition) is 1. The average molecular weight is 304 g/mol. The van der Waals surface area contributed by atoms with Crippen molar-refractivity contribution < 1.29 is 13.2 Å². The van der Waals surface area contributed by atoms with Crippen molar-refractivity contribution in [2.45, 2.75) is 11.8 Å². The molecule has 2 aromatic rings. The van der Waals surface area contributed by atoms with Gasteiger partial charge in [-0.1, -0.05) is 18.2 Å². The first-order valence-corrected chi connectivity index (χ1v) is 8.05. The number of sulfonamides is 1. The molecule has 1 heterocycles. The summed E-state index contributed by atoms with van der Waals surface area (Å²) >= 11 is 0. The maximum atomic E-state index is 12.9. The maximum absolute atomic E-state index is 12.9. The zero-order valence-electron chi connectivity index (χ0n) is 11.6. The molecule has 1 aliphatic rings. The van der Waals surface area contributed by atoms with Crippen molar-refractivity contribution in [2.75, 3.05) is 23.2 Å². The normalized spacial score (nSPS) is 14.4. The van der Waals surface area contributed by atoms with Gasteiger partial charge < -0.3 is 10.5 Å². The van der Waals surface area contributed by atoms with Gasteiger partial charge in [-0.2, -0.15) is 0 Å². The zero-order chi connectivity index (χ0) is 15.0. The van der Waals surface area contributed by atoms with Gasteiger partial charge in [0.05, 0.1) is 17.1 Å². The summed E-state index contributed by atoms with van der Waals surface area (Å²) in [4.78, 5) is 0.235. The minimum absolute atomic E-state index is 0.235. The third-order valence-corrected chi connectivity index (χ3v) is 5.42. The van der Waals surface area contributed by atoms with E-state index in [1.54, 1.807) is 37.3 Å². The first kappa shape index (κ1) is 13.8. The van der Waals surface area contributed by atoms with Crippen molar-refractivity contribution in [3.63, 3.8) is 0 Å². The molecule has 0 aromatic heterocycles. The fourth-order valence-corrected chi connectivity index (χ4v) is 4.13. The Kier molecular flexibility index (Phi) is 3.25. The van der Waals surface area contributed by atoms with Crippen molar-refractivity contribution in [2.24, 2.45) is 0 Å². The van der Waals surface area contributed by atoms with Crippen molar-refractivity contribution in [1.29, 1.82) is 0 Å². The first-order chi connectivity index (χ1) is 10.00. The predicted molar refractivity (Wildman–Crippen MR) is 82.1 cm³/mol. The number of hydrogen-bond acceptors (Lipinski definition) is 4. The molecule has 0 radical (unpaired) electrons. The molecule has 5 nitrogen and oxygen atoms in total. The molecule has 110 valence electrons. The van der Waals surface area contributed by atoms with E-state index in [1.807, 2.05) is 6.07 Å². The van der Waals surface area contributed by atoms with Gasteiger partial charge in [0.15, 0.2) is 0 Å². The average Bonchev–Trinajstić information content (AvgIpc) is 2.49. The smallest absolute Gasteiger partial charge is 0.264 e. The monoisotopic (exact) mass is 304 g/mol. The van der Waals surface area contributed by atoms with E-state index < -0.39 is 10.0 Å². The molecule has 0 unspecified atom stereocenters. The van der Waals surface area contributed by atoms with Crippen molar-refractivity contribution in [1.82, 2.24) is 0 Å². The van der Waals surface area contributed by atoms with Crippen LogP contribution in [-0.4, -0.2) is 21.6 Å². The molecular formula is C15H16N2O3S. The molecule has 2 aromatic carbocycles. The minimum atomic E-state index is -3.66. The van der Waals surface area contributed by atoms with Gasteiger partial charge in [0.2, 0.25) is 0 Å². The fourth-order valence-electron chi connectivity index (χ4n) is 2.41. The molecule has 0 bridgehead atoms. The molecule has 1 aliphatic heterocycles. The molecule has 0 amide bonds. The van der Waals surface area contributed by atoms with Crippen LogP contribution in [0.5, 0.6) is 5.75 Å². The largest absolute Gasteiger partial charge is 0.489 e. The Morgan fingerprint density at radius 1 is 1.19 bits per heavy atom. The molecule has 6 heteroatoms. The summed E-state index contributed by atoms with van der Waals surface area (Å²) in [5.41, 5.74) is 7.41. The topological polar surface area (TPSA) is 72.6 Å². The highest BCUT2D eigenvalue weighted by Gasteiger charge is 2.30. The second-order valence-electron chi connectivity index (χ2n) is 4.92. The van der Waals surface area contributed by atoms with Gasteiger partial charge in [-0.05, 0) is 36.8 Å². The summed E-state index contributed by atoms with van der Waals surface area (Å²) in [5.74, 6) is 0.578. The summed E-state index contributed by atoms with van der Waals surface area (Å²) in [5, 5.41) is 0. The number of nitrogens with two attached hydrogens (primary N) is 1. The first-order valence-electron chi connectivity index (χ1n) is 6.61. The Labute approximate surface area is 124 Å². The van der Waals surface area contributed by atoms with Crippen LogP contribution in [-0.2, 0) is 10.0 Å². The van der Waals surface area contributed by atoms with E-state index in [2.05, 4.69) is 0 Å². The molecular weight excluding hydrogens is 288 g/mol. The van der Waals surface area contributed by atoms with Crippen LogP contribution in [0, 0.1) is 6.92 Å². The zero-order valence-corrected chi connectivity index (χ0v) is 12.4. The molecule has 2 N–H and O–H groups in total. The summed E-state index contributed by atoms with van der Waals surface area (Å²) in [6.07, 6.45) is 0. The van der Waals surface area contributed by atoms with Crippen LogP contribution in [0.3, 0.4) is 0 Å². The van der Waals surface area contributed by atoms with Crippen LogP contribution >= 0.6 is 0 Å². The van der Waals surface area contributed by atoms with Crippen molar-refractivity contribution in [3.05, 3.63) is 48.0 Å². The summed E-state index contributed by atoms with van der Waals surface area (Å²) in [7, 11) is -3.66. The number of benzene rings is 2. The highest BCUT2D eigenvalue weighted by atomic mass is 32.2. The van der Waals surface area contributed by atoms with Crippen LogP contribution in [0.1, 0.15) is 5.56 Å². The van der Waals surface area contributed by atoms with Gasteiger partial charge >= 0.3 is 0 Å². The number of aryl methyl sites for hydroxylation is 1. The number of para-hydroxylation sites is 2. The Morgan fingerprint density at radius 2 is 1.95 bits per heavy atom. The predicted octanol–water partition coefficient (Wildman–Crippen LogP) is 2.16. The van der Waals surface area contributed by atoms with Crippen LogP contribution in [0.2, 0.25) is 0 Å². The van der Waals surface area contributed by atoms with E-state index >= 15 is 0 Å². The van der Waals surface area contributed by atoms with E-state index in [1.165, 1.54) is 10.4 Å². The third-order valence-electron chi connectivity index (χ3n) is 3.47. The lowest BCUT2D eigenvalue weighted by atomic mass is 10.2.